The monoisotopic (exact) mass is 283 g/mol. The molecule has 3 aromatic rings. The van der Waals surface area contributed by atoms with Gasteiger partial charge >= 0.3 is 0 Å². The van der Waals surface area contributed by atoms with Crippen molar-refractivity contribution < 1.29 is 4.42 Å². The second kappa shape index (κ2) is 5.38. The quantitative estimate of drug-likeness (QED) is 0.437. The van der Waals surface area contributed by atoms with E-state index in [1.165, 1.54) is 0 Å². The number of oxazole rings is 1. The fourth-order valence-corrected chi connectivity index (χ4v) is 2.63. The van der Waals surface area contributed by atoms with E-state index in [0.717, 1.165) is 28.0 Å². The van der Waals surface area contributed by atoms with Crippen molar-refractivity contribution in [3.05, 3.63) is 59.7 Å². The molecule has 2 aromatic carbocycles. The molecule has 4 nitrogen and oxygen atoms in total. The van der Waals surface area contributed by atoms with Crippen molar-refractivity contribution in [2.24, 2.45) is 5.73 Å². The van der Waals surface area contributed by atoms with Gasteiger partial charge in [-0.1, -0.05) is 48.2 Å². The molecule has 0 aliphatic carbocycles. The Hall–Kier alpha value is -2.27. The molecule has 0 aliphatic heterocycles. The number of fused-ring (bicyclic) bond motifs is 1. The standard InChI is InChI=1S/C15H13N3OS/c16-14(17)11-7-5-10(6-8-11)9-20-15-18-12-3-1-2-4-13(12)19-15/h1-8H,9H2,(H3,16,17). The van der Waals surface area contributed by atoms with Gasteiger partial charge in [0, 0.05) is 11.3 Å². The van der Waals surface area contributed by atoms with Crippen LogP contribution in [0.3, 0.4) is 0 Å². The molecule has 0 saturated heterocycles. The third-order valence-corrected chi connectivity index (χ3v) is 3.80. The van der Waals surface area contributed by atoms with Crippen molar-refractivity contribution in [3.8, 4) is 0 Å². The number of amidine groups is 1. The van der Waals surface area contributed by atoms with E-state index in [9.17, 15) is 0 Å². The molecule has 1 aromatic heterocycles. The Labute approximate surface area is 120 Å². The van der Waals surface area contributed by atoms with Gasteiger partial charge in [0.2, 0.25) is 0 Å². The van der Waals surface area contributed by atoms with Crippen LogP contribution in [0.2, 0.25) is 0 Å². The highest BCUT2D eigenvalue weighted by atomic mass is 32.2. The molecular formula is C15H13N3OS. The summed E-state index contributed by atoms with van der Waals surface area (Å²) < 4.78 is 5.65. The highest BCUT2D eigenvalue weighted by molar-refractivity contribution is 7.98. The molecule has 0 amide bonds. The molecule has 0 aliphatic rings. The summed E-state index contributed by atoms with van der Waals surface area (Å²) in [6, 6.07) is 15.4. The Morgan fingerprint density at radius 2 is 1.90 bits per heavy atom. The van der Waals surface area contributed by atoms with Crippen LogP contribution in [0.25, 0.3) is 11.1 Å². The first kappa shape index (κ1) is 12.7. The highest BCUT2D eigenvalue weighted by Gasteiger charge is 2.06. The minimum atomic E-state index is 0.0863. The molecule has 0 saturated carbocycles. The maximum atomic E-state index is 7.35. The first-order chi connectivity index (χ1) is 9.72. The van der Waals surface area contributed by atoms with Gasteiger partial charge in [-0.05, 0) is 17.7 Å². The minimum Gasteiger partial charge on any atom is -0.431 e. The van der Waals surface area contributed by atoms with Gasteiger partial charge in [-0.3, -0.25) is 5.41 Å². The Morgan fingerprint density at radius 3 is 2.60 bits per heavy atom. The number of thioether (sulfide) groups is 1. The summed E-state index contributed by atoms with van der Waals surface area (Å²) in [4.78, 5) is 4.42. The van der Waals surface area contributed by atoms with Crippen LogP contribution in [0, 0.1) is 5.41 Å². The zero-order valence-electron chi connectivity index (χ0n) is 10.7. The van der Waals surface area contributed by atoms with Crippen molar-refractivity contribution in [2.45, 2.75) is 11.0 Å². The number of rotatable bonds is 4. The predicted molar refractivity (Wildman–Crippen MR) is 81.0 cm³/mol. The number of nitrogens with one attached hydrogen (secondary N) is 1. The summed E-state index contributed by atoms with van der Waals surface area (Å²) in [7, 11) is 0. The van der Waals surface area contributed by atoms with E-state index < -0.39 is 0 Å². The smallest absolute Gasteiger partial charge is 0.257 e. The van der Waals surface area contributed by atoms with Crippen LogP contribution in [0.1, 0.15) is 11.1 Å². The Morgan fingerprint density at radius 1 is 1.15 bits per heavy atom. The lowest BCUT2D eigenvalue weighted by Gasteiger charge is -2.01. The molecule has 3 N–H and O–H groups in total. The normalized spacial score (nSPS) is 10.8. The summed E-state index contributed by atoms with van der Waals surface area (Å²) in [6.07, 6.45) is 0. The number of nitrogen functional groups attached to an aromatic ring is 1. The summed E-state index contributed by atoms with van der Waals surface area (Å²) in [5.41, 5.74) is 8.99. The van der Waals surface area contributed by atoms with Crippen LogP contribution in [0.15, 0.2) is 58.2 Å². The van der Waals surface area contributed by atoms with Gasteiger partial charge in [-0.15, -0.1) is 0 Å². The first-order valence-corrected chi connectivity index (χ1v) is 7.12. The SMILES string of the molecule is N=C(N)c1ccc(CSc2nc3ccccc3o2)cc1. The molecule has 100 valence electrons. The molecule has 0 spiro atoms. The molecule has 0 radical (unpaired) electrons. The van der Waals surface area contributed by atoms with Gasteiger partial charge in [0.15, 0.2) is 5.58 Å². The summed E-state index contributed by atoms with van der Waals surface area (Å²) >= 11 is 1.55. The maximum absolute atomic E-state index is 7.35. The number of para-hydroxylation sites is 2. The number of nitrogens with zero attached hydrogens (tertiary/aromatic N) is 1. The van der Waals surface area contributed by atoms with Crippen molar-refractivity contribution in [2.75, 3.05) is 0 Å². The minimum absolute atomic E-state index is 0.0863. The zero-order valence-corrected chi connectivity index (χ0v) is 11.5. The Kier molecular flexibility index (Phi) is 3.43. The van der Waals surface area contributed by atoms with Crippen LogP contribution in [0.5, 0.6) is 0 Å². The van der Waals surface area contributed by atoms with E-state index in [0.29, 0.717) is 5.22 Å². The van der Waals surface area contributed by atoms with Gasteiger partial charge in [0.05, 0.1) is 0 Å². The van der Waals surface area contributed by atoms with Gasteiger partial charge in [0.1, 0.15) is 11.4 Å². The molecule has 1 heterocycles. The number of aromatic nitrogens is 1. The van der Waals surface area contributed by atoms with E-state index in [4.69, 9.17) is 15.6 Å². The first-order valence-electron chi connectivity index (χ1n) is 6.14. The number of hydrogen-bond acceptors (Lipinski definition) is 4. The lowest BCUT2D eigenvalue weighted by Crippen LogP contribution is -2.10. The fourth-order valence-electron chi connectivity index (χ4n) is 1.84. The number of hydrogen-bond donors (Lipinski definition) is 2. The van der Waals surface area contributed by atoms with Crippen molar-refractivity contribution in [1.29, 1.82) is 5.41 Å². The van der Waals surface area contributed by atoms with Crippen molar-refractivity contribution in [1.82, 2.24) is 4.98 Å². The van der Waals surface area contributed by atoms with Gasteiger partial charge in [0.25, 0.3) is 5.22 Å². The molecular weight excluding hydrogens is 270 g/mol. The molecule has 0 atom stereocenters. The molecule has 0 fully saturated rings. The van der Waals surface area contributed by atoms with E-state index in [1.807, 2.05) is 48.5 Å². The highest BCUT2D eigenvalue weighted by Crippen LogP contribution is 2.26. The summed E-state index contributed by atoms with van der Waals surface area (Å²) in [5.74, 6) is 0.855. The fraction of sp³-hybridized carbons (Fsp3) is 0.0667. The summed E-state index contributed by atoms with van der Waals surface area (Å²) in [5, 5.41) is 8.02. The second-order valence-corrected chi connectivity index (χ2v) is 5.27. The van der Waals surface area contributed by atoms with E-state index in [-0.39, 0.29) is 5.84 Å². The number of nitrogens with two attached hydrogens (primary N) is 1. The van der Waals surface area contributed by atoms with Crippen LogP contribution >= 0.6 is 11.8 Å². The van der Waals surface area contributed by atoms with Crippen LogP contribution in [-0.2, 0) is 5.75 Å². The third-order valence-electron chi connectivity index (χ3n) is 2.90. The second-order valence-electron chi connectivity index (χ2n) is 4.35. The zero-order chi connectivity index (χ0) is 13.9. The topological polar surface area (TPSA) is 75.9 Å². The average molecular weight is 283 g/mol. The van der Waals surface area contributed by atoms with Gasteiger partial charge < -0.3 is 10.2 Å². The van der Waals surface area contributed by atoms with Crippen LogP contribution < -0.4 is 5.73 Å². The summed E-state index contributed by atoms with van der Waals surface area (Å²) in [6.45, 7) is 0. The van der Waals surface area contributed by atoms with Crippen molar-refractivity contribution >= 4 is 28.7 Å². The lowest BCUT2D eigenvalue weighted by atomic mass is 10.1. The largest absolute Gasteiger partial charge is 0.431 e. The van der Waals surface area contributed by atoms with Crippen molar-refractivity contribution in [3.63, 3.8) is 0 Å². The van der Waals surface area contributed by atoms with Gasteiger partial charge in [-0.25, -0.2) is 4.98 Å². The average Bonchev–Trinajstić information content (AvgIpc) is 2.88. The van der Waals surface area contributed by atoms with E-state index in [2.05, 4.69) is 4.98 Å². The number of benzene rings is 2. The van der Waals surface area contributed by atoms with Crippen LogP contribution in [-0.4, -0.2) is 10.8 Å². The lowest BCUT2D eigenvalue weighted by molar-refractivity contribution is 0.489. The molecule has 3 rings (SSSR count). The molecule has 20 heavy (non-hydrogen) atoms. The van der Waals surface area contributed by atoms with E-state index in [1.54, 1.807) is 11.8 Å². The Bertz CT molecular complexity index is 716. The Balaban J connectivity index is 1.71. The predicted octanol–water partition coefficient (Wildman–Crippen LogP) is 3.40. The molecule has 0 unspecified atom stereocenters. The maximum Gasteiger partial charge on any atom is 0.257 e. The van der Waals surface area contributed by atoms with Gasteiger partial charge in [-0.2, -0.15) is 0 Å². The third kappa shape index (κ3) is 2.67. The van der Waals surface area contributed by atoms with Crippen LogP contribution in [0.4, 0.5) is 0 Å². The molecule has 0 bridgehead atoms. The van der Waals surface area contributed by atoms with E-state index >= 15 is 0 Å². The molecule has 5 heteroatoms.